The Balaban J connectivity index is 2.18. The Bertz CT molecular complexity index is 730. The third kappa shape index (κ3) is 5.23. The lowest BCUT2D eigenvalue weighted by molar-refractivity contribution is -0.137. The fraction of sp³-hybridized carbons (Fsp3) is 0.176. The molecule has 2 rings (SSSR count). The van der Waals surface area contributed by atoms with E-state index in [9.17, 15) is 9.59 Å². The predicted molar refractivity (Wildman–Crippen MR) is 98.8 cm³/mol. The van der Waals surface area contributed by atoms with E-state index in [2.05, 4.69) is 21.2 Å². The molecule has 0 fully saturated rings. The normalized spacial score (nSPS) is 11.8. The molecule has 24 heavy (non-hydrogen) atoms. The van der Waals surface area contributed by atoms with E-state index in [1.54, 1.807) is 42.5 Å². The molecular formula is C17H14BrCl2NO3. The molecule has 0 spiro atoms. The highest BCUT2D eigenvalue weighted by molar-refractivity contribution is 9.10. The Morgan fingerprint density at radius 1 is 1.04 bits per heavy atom. The van der Waals surface area contributed by atoms with Gasteiger partial charge in [0.25, 0.3) is 0 Å². The number of nitrogens with one attached hydrogen (secondary N) is 1. The monoisotopic (exact) mass is 429 g/mol. The third-order valence-electron chi connectivity index (χ3n) is 3.39. The van der Waals surface area contributed by atoms with Crippen LogP contribution >= 0.6 is 39.1 Å². The number of hydrogen-bond acceptors (Lipinski definition) is 2. The van der Waals surface area contributed by atoms with Gasteiger partial charge in [0.1, 0.15) is 0 Å². The summed E-state index contributed by atoms with van der Waals surface area (Å²) in [5, 5.41) is 12.6. The quantitative estimate of drug-likeness (QED) is 0.649. The number of hydrogen-bond donors (Lipinski definition) is 2. The molecule has 0 aliphatic rings. The molecule has 2 N–H and O–H groups in total. The molecule has 0 heterocycles. The average Bonchev–Trinajstić information content (AvgIpc) is 2.48. The number of carboxylic acid groups (broad SMARTS) is 1. The van der Waals surface area contributed by atoms with Crippen LogP contribution in [0.3, 0.4) is 0 Å². The van der Waals surface area contributed by atoms with Crippen LogP contribution in [-0.4, -0.2) is 17.0 Å². The molecule has 0 saturated carbocycles. The van der Waals surface area contributed by atoms with Crippen LogP contribution in [0.25, 0.3) is 0 Å². The van der Waals surface area contributed by atoms with Crippen LogP contribution in [0.15, 0.2) is 46.9 Å². The van der Waals surface area contributed by atoms with Crippen LogP contribution in [0.1, 0.15) is 24.3 Å². The molecule has 1 atom stereocenters. The van der Waals surface area contributed by atoms with Gasteiger partial charge in [-0.05, 0) is 42.0 Å². The maximum Gasteiger partial charge on any atom is 0.303 e. The SMILES string of the molecule is O=C(O)CC(CC(=O)Nc1ccc(Br)cc1)c1c(Cl)cccc1Cl. The summed E-state index contributed by atoms with van der Waals surface area (Å²) in [5.74, 6) is -1.94. The fourth-order valence-corrected chi connectivity index (χ4v) is 3.33. The first kappa shape index (κ1) is 18.8. The van der Waals surface area contributed by atoms with Gasteiger partial charge in [0.2, 0.25) is 5.91 Å². The molecule has 0 bridgehead atoms. The fourth-order valence-electron chi connectivity index (χ4n) is 2.36. The van der Waals surface area contributed by atoms with Crippen LogP contribution < -0.4 is 5.32 Å². The van der Waals surface area contributed by atoms with E-state index >= 15 is 0 Å². The number of carbonyl (C=O) groups is 2. The Labute approximate surface area is 157 Å². The maximum absolute atomic E-state index is 12.3. The molecule has 2 aromatic carbocycles. The largest absolute Gasteiger partial charge is 0.481 e. The van der Waals surface area contributed by atoms with Gasteiger partial charge in [-0.3, -0.25) is 9.59 Å². The van der Waals surface area contributed by atoms with E-state index < -0.39 is 11.9 Å². The van der Waals surface area contributed by atoms with Gasteiger partial charge < -0.3 is 10.4 Å². The van der Waals surface area contributed by atoms with Crippen molar-refractivity contribution in [3.05, 3.63) is 62.5 Å². The zero-order valence-electron chi connectivity index (χ0n) is 12.4. The molecule has 1 amide bonds. The molecule has 126 valence electrons. The Kier molecular flexibility index (Phi) is 6.66. The average molecular weight is 431 g/mol. The first-order valence-corrected chi connectivity index (χ1v) is 8.63. The van der Waals surface area contributed by atoms with Crippen molar-refractivity contribution in [1.82, 2.24) is 0 Å². The van der Waals surface area contributed by atoms with Crippen molar-refractivity contribution < 1.29 is 14.7 Å². The first-order valence-electron chi connectivity index (χ1n) is 7.08. The molecule has 0 radical (unpaired) electrons. The zero-order chi connectivity index (χ0) is 17.7. The Hall–Kier alpha value is -1.56. The number of anilines is 1. The highest BCUT2D eigenvalue weighted by atomic mass is 79.9. The summed E-state index contributed by atoms with van der Waals surface area (Å²) in [6.07, 6.45) is -0.275. The van der Waals surface area contributed by atoms with Gasteiger partial charge in [-0.15, -0.1) is 0 Å². The van der Waals surface area contributed by atoms with Crippen LogP contribution in [0.2, 0.25) is 10.0 Å². The molecule has 0 saturated heterocycles. The number of carboxylic acids is 1. The van der Waals surface area contributed by atoms with Crippen LogP contribution in [0.4, 0.5) is 5.69 Å². The van der Waals surface area contributed by atoms with Crippen molar-refractivity contribution in [1.29, 1.82) is 0 Å². The molecule has 0 aliphatic heterocycles. The number of benzene rings is 2. The highest BCUT2D eigenvalue weighted by Gasteiger charge is 2.24. The minimum atomic E-state index is -1.02. The summed E-state index contributed by atoms with van der Waals surface area (Å²) in [7, 11) is 0. The van der Waals surface area contributed by atoms with Gasteiger partial charge in [0.15, 0.2) is 0 Å². The summed E-state index contributed by atoms with van der Waals surface area (Å²) in [6.45, 7) is 0. The van der Waals surface area contributed by atoms with E-state index in [1.165, 1.54) is 0 Å². The molecule has 2 aromatic rings. The number of halogens is 3. The Morgan fingerprint density at radius 3 is 2.17 bits per heavy atom. The number of carbonyl (C=O) groups excluding carboxylic acids is 1. The van der Waals surface area contributed by atoms with Gasteiger partial charge in [-0.1, -0.05) is 45.2 Å². The van der Waals surface area contributed by atoms with Gasteiger partial charge >= 0.3 is 5.97 Å². The topological polar surface area (TPSA) is 66.4 Å². The van der Waals surface area contributed by atoms with Crippen molar-refractivity contribution in [2.45, 2.75) is 18.8 Å². The Morgan fingerprint density at radius 2 is 1.62 bits per heavy atom. The predicted octanol–water partition coefficient (Wildman–Crippen LogP) is 5.34. The number of aliphatic carboxylic acids is 1. The molecule has 0 aromatic heterocycles. The zero-order valence-corrected chi connectivity index (χ0v) is 15.5. The summed E-state index contributed by atoms with van der Waals surface area (Å²) in [6, 6.07) is 12.0. The minimum Gasteiger partial charge on any atom is -0.481 e. The van der Waals surface area contributed by atoms with Crippen LogP contribution in [0, 0.1) is 0 Å². The molecular weight excluding hydrogens is 417 g/mol. The lowest BCUT2D eigenvalue weighted by Gasteiger charge is -2.18. The molecule has 0 aliphatic carbocycles. The minimum absolute atomic E-state index is 0.0359. The lowest BCUT2D eigenvalue weighted by atomic mass is 9.92. The van der Waals surface area contributed by atoms with Gasteiger partial charge in [0, 0.05) is 32.5 Å². The second-order valence-electron chi connectivity index (χ2n) is 5.19. The molecule has 4 nitrogen and oxygen atoms in total. The van der Waals surface area contributed by atoms with E-state index in [4.69, 9.17) is 28.3 Å². The second-order valence-corrected chi connectivity index (χ2v) is 6.92. The number of rotatable bonds is 6. The van der Waals surface area contributed by atoms with Crippen molar-refractivity contribution in [2.75, 3.05) is 5.32 Å². The van der Waals surface area contributed by atoms with Crippen molar-refractivity contribution in [3.8, 4) is 0 Å². The summed E-state index contributed by atoms with van der Waals surface area (Å²) < 4.78 is 0.895. The van der Waals surface area contributed by atoms with Crippen LogP contribution in [0.5, 0.6) is 0 Å². The van der Waals surface area contributed by atoms with Crippen molar-refractivity contribution >= 4 is 56.7 Å². The lowest BCUT2D eigenvalue weighted by Crippen LogP contribution is -2.18. The summed E-state index contributed by atoms with van der Waals surface area (Å²) in [5.41, 5.74) is 1.11. The van der Waals surface area contributed by atoms with E-state index in [-0.39, 0.29) is 18.7 Å². The summed E-state index contributed by atoms with van der Waals surface area (Å²) in [4.78, 5) is 23.4. The van der Waals surface area contributed by atoms with E-state index in [1.807, 2.05) is 0 Å². The third-order valence-corrected chi connectivity index (χ3v) is 4.58. The van der Waals surface area contributed by atoms with Gasteiger partial charge in [0.05, 0.1) is 6.42 Å². The van der Waals surface area contributed by atoms with Crippen molar-refractivity contribution in [3.63, 3.8) is 0 Å². The first-order chi connectivity index (χ1) is 11.4. The van der Waals surface area contributed by atoms with E-state index in [0.717, 1.165) is 4.47 Å². The van der Waals surface area contributed by atoms with Crippen LogP contribution in [-0.2, 0) is 9.59 Å². The molecule has 1 unspecified atom stereocenters. The standard InChI is InChI=1S/C17H14BrCl2NO3/c18-11-4-6-12(7-5-11)21-15(22)8-10(9-16(23)24)17-13(19)2-1-3-14(17)20/h1-7,10H,8-9H2,(H,21,22)(H,23,24). The summed E-state index contributed by atoms with van der Waals surface area (Å²) >= 11 is 15.6. The van der Waals surface area contributed by atoms with Gasteiger partial charge in [-0.25, -0.2) is 0 Å². The van der Waals surface area contributed by atoms with Gasteiger partial charge in [-0.2, -0.15) is 0 Å². The number of amides is 1. The maximum atomic E-state index is 12.3. The smallest absolute Gasteiger partial charge is 0.303 e. The van der Waals surface area contributed by atoms with Crippen molar-refractivity contribution in [2.24, 2.45) is 0 Å². The molecule has 7 heteroatoms. The highest BCUT2D eigenvalue weighted by Crippen LogP contribution is 2.35. The second kappa shape index (κ2) is 8.51. The van der Waals surface area contributed by atoms with E-state index in [0.29, 0.717) is 21.3 Å².